The van der Waals surface area contributed by atoms with Crippen LogP contribution >= 0.6 is 0 Å². The summed E-state index contributed by atoms with van der Waals surface area (Å²) < 4.78 is 0. The third-order valence-corrected chi connectivity index (χ3v) is 3.48. The van der Waals surface area contributed by atoms with Crippen molar-refractivity contribution in [3.05, 3.63) is 0 Å². The van der Waals surface area contributed by atoms with Crippen LogP contribution in [0, 0.1) is 0 Å². The first kappa shape index (κ1) is 21.1. The molecule has 0 aliphatic carbocycles. The lowest BCUT2D eigenvalue weighted by atomic mass is 10.1. The summed E-state index contributed by atoms with van der Waals surface area (Å²) in [5.41, 5.74) is 0. The molecule has 2 unspecified atom stereocenters. The van der Waals surface area contributed by atoms with Gasteiger partial charge in [0.05, 0.1) is 12.8 Å². The topological polar surface area (TPSA) is 112 Å². The van der Waals surface area contributed by atoms with Crippen LogP contribution in [0.5, 0.6) is 0 Å². The fourth-order valence-electron chi connectivity index (χ4n) is 1.65. The van der Waals surface area contributed by atoms with Crippen molar-refractivity contribution in [2.75, 3.05) is 0 Å². The second-order valence-corrected chi connectivity index (χ2v) is 5.02. The fourth-order valence-corrected chi connectivity index (χ4v) is 1.65. The van der Waals surface area contributed by atoms with Crippen LogP contribution in [0.3, 0.4) is 0 Å². The van der Waals surface area contributed by atoms with Crippen LogP contribution < -0.4 is 0 Å². The van der Waals surface area contributed by atoms with Crippen molar-refractivity contribution in [2.24, 2.45) is 0 Å². The molecule has 0 aliphatic heterocycles. The Morgan fingerprint density at radius 2 is 1.09 bits per heavy atom. The van der Waals surface area contributed by atoms with Gasteiger partial charge in [-0.1, -0.05) is 27.7 Å². The number of rotatable bonds is 13. The van der Waals surface area contributed by atoms with Crippen molar-refractivity contribution in [3.63, 3.8) is 0 Å². The van der Waals surface area contributed by atoms with Gasteiger partial charge < -0.3 is 0 Å². The van der Waals surface area contributed by atoms with E-state index >= 15 is 0 Å². The summed E-state index contributed by atoms with van der Waals surface area (Å²) in [4.78, 5) is 41.8. The van der Waals surface area contributed by atoms with Gasteiger partial charge in [-0.05, 0) is 0 Å². The van der Waals surface area contributed by atoms with E-state index in [0.717, 1.165) is 0 Å². The second kappa shape index (κ2) is 9.98. The second-order valence-electron chi connectivity index (χ2n) is 5.02. The van der Waals surface area contributed by atoms with Crippen LogP contribution in [0.4, 0.5) is 0 Å². The molecule has 130 valence electrons. The molecular formula is C14H26O8. The van der Waals surface area contributed by atoms with E-state index in [0.29, 0.717) is 0 Å². The fraction of sp³-hybridized carbons (Fsp3) is 0.857. The van der Waals surface area contributed by atoms with Gasteiger partial charge in [0.25, 0.3) is 0 Å². The SMILES string of the molecule is CCC(=O)CC(CC)(OO)OOC(CC)(CC(=O)CC)OO. The van der Waals surface area contributed by atoms with Crippen molar-refractivity contribution >= 4 is 11.6 Å². The van der Waals surface area contributed by atoms with Crippen molar-refractivity contribution < 1.29 is 39.7 Å². The van der Waals surface area contributed by atoms with Crippen molar-refractivity contribution in [1.29, 1.82) is 0 Å². The van der Waals surface area contributed by atoms with Crippen LogP contribution in [0.25, 0.3) is 0 Å². The third-order valence-electron chi connectivity index (χ3n) is 3.48. The van der Waals surface area contributed by atoms with Crippen molar-refractivity contribution in [2.45, 2.75) is 77.8 Å². The smallest absolute Gasteiger partial charge is 0.240 e. The minimum atomic E-state index is -1.72. The molecule has 8 nitrogen and oxygen atoms in total. The number of Topliss-reactive ketones (excluding diaryl/α,β-unsaturated/α-hetero) is 2. The van der Waals surface area contributed by atoms with Gasteiger partial charge in [0.1, 0.15) is 11.6 Å². The molecule has 0 aromatic rings. The number of hydrogen-bond donors (Lipinski definition) is 2. The quantitative estimate of drug-likeness (QED) is 0.302. The first-order valence-corrected chi connectivity index (χ1v) is 7.41. The molecule has 0 aliphatic rings. The highest BCUT2D eigenvalue weighted by molar-refractivity contribution is 5.79. The maximum atomic E-state index is 11.6. The Balaban J connectivity index is 5.03. The molecule has 0 aromatic carbocycles. The maximum Gasteiger partial charge on any atom is 0.240 e. The summed E-state index contributed by atoms with van der Waals surface area (Å²) in [5, 5.41) is 18.1. The molecule has 0 aromatic heterocycles. The summed E-state index contributed by atoms with van der Waals surface area (Å²) in [6.07, 6.45) is 0.174. The van der Waals surface area contributed by atoms with Gasteiger partial charge >= 0.3 is 0 Å². The third kappa shape index (κ3) is 6.07. The highest BCUT2D eigenvalue weighted by atomic mass is 17.3. The molecule has 0 saturated heterocycles. The van der Waals surface area contributed by atoms with E-state index in [4.69, 9.17) is 20.3 Å². The summed E-state index contributed by atoms with van der Waals surface area (Å²) >= 11 is 0. The molecule has 22 heavy (non-hydrogen) atoms. The lowest BCUT2D eigenvalue weighted by molar-refractivity contribution is -0.571. The standard InChI is InChI=1S/C14H26O8/c1-5-11(15)9-13(7-3,19-17)21-22-14(8-4,20-18)10-12(16)6-2/h17-18H,5-10H2,1-4H3. The van der Waals surface area contributed by atoms with Crippen LogP contribution in [-0.2, 0) is 29.1 Å². The molecular weight excluding hydrogens is 296 g/mol. The van der Waals surface area contributed by atoms with E-state index in [9.17, 15) is 9.59 Å². The van der Waals surface area contributed by atoms with Crippen LogP contribution in [0.15, 0.2) is 0 Å². The highest BCUT2D eigenvalue weighted by Crippen LogP contribution is 2.29. The van der Waals surface area contributed by atoms with E-state index in [1.807, 2.05) is 0 Å². The van der Waals surface area contributed by atoms with Gasteiger partial charge in [-0.25, -0.2) is 20.3 Å². The average molecular weight is 322 g/mol. The van der Waals surface area contributed by atoms with Crippen LogP contribution in [-0.4, -0.2) is 33.7 Å². The van der Waals surface area contributed by atoms with E-state index in [1.54, 1.807) is 27.7 Å². The Kier molecular flexibility index (Phi) is 9.58. The van der Waals surface area contributed by atoms with E-state index in [-0.39, 0.29) is 50.1 Å². The lowest BCUT2D eigenvalue weighted by Gasteiger charge is -2.33. The molecule has 0 heterocycles. The number of hydrogen-bond acceptors (Lipinski definition) is 8. The molecule has 2 N–H and O–H groups in total. The van der Waals surface area contributed by atoms with Gasteiger partial charge in [-0.15, -0.1) is 0 Å². The predicted octanol–water partition coefficient (Wildman–Crippen LogP) is 2.86. The van der Waals surface area contributed by atoms with Crippen LogP contribution in [0.2, 0.25) is 0 Å². The molecule has 0 fully saturated rings. The summed E-state index contributed by atoms with van der Waals surface area (Å²) in [6.45, 7) is 6.56. The Hall–Kier alpha value is -0.900. The zero-order chi connectivity index (χ0) is 17.2. The molecule has 0 spiro atoms. The minimum Gasteiger partial charge on any atom is -0.300 e. The molecule has 0 radical (unpaired) electrons. The van der Waals surface area contributed by atoms with Crippen LogP contribution in [0.1, 0.15) is 66.2 Å². The molecule has 0 amide bonds. The molecule has 8 heteroatoms. The Bertz CT molecular complexity index is 313. The summed E-state index contributed by atoms with van der Waals surface area (Å²) in [7, 11) is 0. The van der Waals surface area contributed by atoms with Crippen molar-refractivity contribution in [1.82, 2.24) is 0 Å². The molecule has 0 bridgehead atoms. The first-order valence-electron chi connectivity index (χ1n) is 7.41. The van der Waals surface area contributed by atoms with Gasteiger partial charge in [0.2, 0.25) is 11.6 Å². The number of carbonyl (C=O) groups excluding carboxylic acids is 2. The van der Waals surface area contributed by atoms with E-state index < -0.39 is 11.6 Å². The monoisotopic (exact) mass is 322 g/mol. The zero-order valence-electron chi connectivity index (χ0n) is 13.6. The Morgan fingerprint density at radius 1 is 0.773 bits per heavy atom. The van der Waals surface area contributed by atoms with Crippen molar-refractivity contribution in [3.8, 4) is 0 Å². The first-order chi connectivity index (χ1) is 10.4. The van der Waals surface area contributed by atoms with E-state index in [1.165, 1.54) is 0 Å². The predicted molar refractivity (Wildman–Crippen MR) is 75.5 cm³/mol. The van der Waals surface area contributed by atoms with E-state index in [2.05, 4.69) is 9.78 Å². The molecule has 0 rings (SSSR count). The maximum absolute atomic E-state index is 11.6. The minimum absolute atomic E-state index is 0.0994. The Labute approximate surface area is 130 Å². The highest BCUT2D eigenvalue weighted by Gasteiger charge is 2.42. The average Bonchev–Trinajstić information content (AvgIpc) is 2.56. The van der Waals surface area contributed by atoms with Gasteiger partial charge in [0.15, 0.2) is 0 Å². The molecule has 0 saturated carbocycles. The van der Waals surface area contributed by atoms with Gasteiger partial charge in [0, 0.05) is 25.7 Å². The lowest BCUT2D eigenvalue weighted by Crippen LogP contribution is -2.44. The van der Waals surface area contributed by atoms with Gasteiger partial charge in [-0.2, -0.15) is 9.78 Å². The number of carbonyl (C=O) groups is 2. The largest absolute Gasteiger partial charge is 0.300 e. The Morgan fingerprint density at radius 3 is 1.27 bits per heavy atom. The summed E-state index contributed by atoms with van der Waals surface area (Å²) in [6, 6.07) is 0. The zero-order valence-corrected chi connectivity index (χ0v) is 13.6. The normalized spacial score (nSPS) is 16.8. The molecule has 2 atom stereocenters. The number of ketones is 2. The summed E-state index contributed by atoms with van der Waals surface area (Å²) in [5.74, 6) is -3.87. The van der Waals surface area contributed by atoms with Gasteiger partial charge in [-0.3, -0.25) is 9.59 Å².